The van der Waals surface area contributed by atoms with Crippen molar-refractivity contribution >= 4 is 5.96 Å². The fourth-order valence-corrected chi connectivity index (χ4v) is 2.19. The van der Waals surface area contributed by atoms with Crippen molar-refractivity contribution in [2.75, 3.05) is 6.54 Å². The number of aliphatic imine (C=N–C) groups is 1. The standard InChI is InChI=1S/C19H19F3N4/c1-2-24-18(25-12-15-5-3-14(11-23)4-6-15)26-13-16-7-9-17(10-8-16)19(20,21)22/h3-10H,2,12-13H2,1H3,(H2,24,25,26). The molecule has 2 N–H and O–H groups in total. The minimum Gasteiger partial charge on any atom is -0.357 e. The Hall–Kier alpha value is -3.01. The summed E-state index contributed by atoms with van der Waals surface area (Å²) in [5.41, 5.74) is 1.60. The van der Waals surface area contributed by atoms with Gasteiger partial charge in [-0.05, 0) is 42.3 Å². The van der Waals surface area contributed by atoms with Crippen molar-refractivity contribution in [1.82, 2.24) is 10.6 Å². The number of benzene rings is 2. The van der Waals surface area contributed by atoms with Crippen LogP contribution >= 0.6 is 0 Å². The highest BCUT2D eigenvalue weighted by atomic mass is 19.4. The Balaban J connectivity index is 1.97. The van der Waals surface area contributed by atoms with E-state index < -0.39 is 11.7 Å². The van der Waals surface area contributed by atoms with Gasteiger partial charge in [0.05, 0.1) is 23.7 Å². The summed E-state index contributed by atoms with van der Waals surface area (Å²) in [4.78, 5) is 4.44. The van der Waals surface area contributed by atoms with Crippen molar-refractivity contribution in [2.24, 2.45) is 4.99 Å². The molecule has 4 nitrogen and oxygen atoms in total. The number of guanidine groups is 1. The van der Waals surface area contributed by atoms with Gasteiger partial charge in [-0.1, -0.05) is 24.3 Å². The molecule has 0 fully saturated rings. The summed E-state index contributed by atoms with van der Waals surface area (Å²) in [6.07, 6.45) is -4.33. The average molecular weight is 360 g/mol. The van der Waals surface area contributed by atoms with Crippen LogP contribution in [-0.2, 0) is 19.3 Å². The number of rotatable bonds is 5. The van der Waals surface area contributed by atoms with Crippen LogP contribution in [0.2, 0.25) is 0 Å². The lowest BCUT2D eigenvalue weighted by Crippen LogP contribution is -2.36. The van der Waals surface area contributed by atoms with Crippen molar-refractivity contribution in [2.45, 2.75) is 26.2 Å². The van der Waals surface area contributed by atoms with E-state index in [9.17, 15) is 13.2 Å². The highest BCUT2D eigenvalue weighted by Crippen LogP contribution is 2.29. The predicted octanol–water partition coefficient (Wildman–Crippen LogP) is 3.83. The number of hydrogen-bond donors (Lipinski definition) is 2. The zero-order chi connectivity index (χ0) is 19.0. The highest BCUT2D eigenvalue weighted by Gasteiger charge is 2.29. The first-order valence-electron chi connectivity index (χ1n) is 8.09. The van der Waals surface area contributed by atoms with E-state index in [0.717, 1.165) is 23.3 Å². The van der Waals surface area contributed by atoms with E-state index in [1.807, 2.05) is 19.1 Å². The maximum absolute atomic E-state index is 12.6. The van der Waals surface area contributed by atoms with Crippen LogP contribution in [0.25, 0.3) is 0 Å². The largest absolute Gasteiger partial charge is 0.416 e. The average Bonchev–Trinajstić information content (AvgIpc) is 2.64. The zero-order valence-corrected chi connectivity index (χ0v) is 14.3. The van der Waals surface area contributed by atoms with Gasteiger partial charge in [-0.15, -0.1) is 0 Å². The van der Waals surface area contributed by atoms with E-state index in [2.05, 4.69) is 21.7 Å². The van der Waals surface area contributed by atoms with Crippen LogP contribution < -0.4 is 10.6 Å². The third-order valence-electron chi connectivity index (χ3n) is 3.59. The van der Waals surface area contributed by atoms with Crippen LogP contribution in [0.15, 0.2) is 53.5 Å². The maximum Gasteiger partial charge on any atom is 0.416 e. The summed E-state index contributed by atoms with van der Waals surface area (Å²) >= 11 is 0. The van der Waals surface area contributed by atoms with Gasteiger partial charge in [0.15, 0.2) is 5.96 Å². The molecule has 0 unspecified atom stereocenters. The minimum atomic E-state index is -4.33. The van der Waals surface area contributed by atoms with Gasteiger partial charge >= 0.3 is 6.18 Å². The molecular formula is C19H19F3N4. The molecule has 0 aromatic heterocycles. The Morgan fingerprint density at radius 3 is 2.15 bits per heavy atom. The predicted molar refractivity (Wildman–Crippen MR) is 94.3 cm³/mol. The first-order valence-corrected chi connectivity index (χ1v) is 8.09. The van der Waals surface area contributed by atoms with Gasteiger partial charge in [-0.25, -0.2) is 4.99 Å². The van der Waals surface area contributed by atoms with Gasteiger partial charge in [0.2, 0.25) is 0 Å². The zero-order valence-electron chi connectivity index (χ0n) is 14.3. The van der Waals surface area contributed by atoms with Crippen molar-refractivity contribution < 1.29 is 13.2 Å². The van der Waals surface area contributed by atoms with Crippen molar-refractivity contribution in [3.05, 3.63) is 70.8 Å². The Labute approximate surface area is 150 Å². The number of hydrogen-bond acceptors (Lipinski definition) is 2. The van der Waals surface area contributed by atoms with Crippen LogP contribution in [0.5, 0.6) is 0 Å². The molecule has 2 rings (SSSR count). The first kappa shape index (κ1) is 19.3. The Morgan fingerprint density at radius 1 is 1.00 bits per heavy atom. The fraction of sp³-hybridized carbons (Fsp3) is 0.263. The quantitative estimate of drug-likeness (QED) is 0.629. The molecule has 0 saturated carbocycles. The van der Waals surface area contributed by atoms with E-state index >= 15 is 0 Å². The smallest absolute Gasteiger partial charge is 0.357 e. The Bertz CT molecular complexity index is 772. The van der Waals surface area contributed by atoms with Crippen molar-refractivity contribution in [3.8, 4) is 6.07 Å². The molecule has 0 saturated heterocycles. The third kappa shape index (κ3) is 5.81. The SMILES string of the molecule is CCNC(=NCc1ccc(C#N)cc1)NCc1ccc(C(F)(F)F)cc1. The summed E-state index contributed by atoms with van der Waals surface area (Å²) in [6.45, 7) is 3.37. The summed E-state index contributed by atoms with van der Waals surface area (Å²) in [6, 6.07) is 14.2. The monoisotopic (exact) mass is 360 g/mol. The molecule has 0 aliphatic heterocycles. The molecule has 136 valence electrons. The molecule has 2 aromatic rings. The molecule has 26 heavy (non-hydrogen) atoms. The van der Waals surface area contributed by atoms with E-state index in [0.29, 0.717) is 31.2 Å². The lowest BCUT2D eigenvalue weighted by molar-refractivity contribution is -0.137. The molecule has 2 aromatic carbocycles. The van der Waals surface area contributed by atoms with Crippen molar-refractivity contribution in [1.29, 1.82) is 5.26 Å². The second-order valence-corrected chi connectivity index (χ2v) is 5.55. The summed E-state index contributed by atoms with van der Waals surface area (Å²) in [7, 11) is 0. The second kappa shape index (κ2) is 8.90. The summed E-state index contributed by atoms with van der Waals surface area (Å²) < 4.78 is 37.7. The van der Waals surface area contributed by atoms with Gasteiger partial charge < -0.3 is 10.6 Å². The molecule has 0 radical (unpaired) electrons. The second-order valence-electron chi connectivity index (χ2n) is 5.55. The lowest BCUT2D eigenvalue weighted by Gasteiger charge is -2.12. The van der Waals surface area contributed by atoms with Gasteiger partial charge in [-0.3, -0.25) is 0 Å². The normalized spacial score (nSPS) is 11.7. The fourth-order valence-electron chi connectivity index (χ4n) is 2.19. The van der Waals surface area contributed by atoms with Crippen molar-refractivity contribution in [3.63, 3.8) is 0 Å². The lowest BCUT2D eigenvalue weighted by atomic mass is 10.1. The summed E-state index contributed by atoms with van der Waals surface area (Å²) in [5, 5.41) is 15.0. The summed E-state index contributed by atoms with van der Waals surface area (Å²) in [5.74, 6) is 0.566. The topological polar surface area (TPSA) is 60.2 Å². The Kier molecular flexibility index (Phi) is 6.61. The van der Waals surface area contributed by atoms with Gasteiger partial charge in [0.1, 0.15) is 0 Å². The van der Waals surface area contributed by atoms with Crippen LogP contribution in [0, 0.1) is 11.3 Å². The first-order chi connectivity index (χ1) is 12.4. The van der Waals surface area contributed by atoms with Crippen LogP contribution in [0.4, 0.5) is 13.2 Å². The number of nitriles is 1. The molecule has 0 aliphatic carbocycles. The van der Waals surface area contributed by atoms with Crippen LogP contribution in [-0.4, -0.2) is 12.5 Å². The van der Waals surface area contributed by atoms with E-state index in [1.165, 1.54) is 12.1 Å². The minimum absolute atomic E-state index is 0.358. The van der Waals surface area contributed by atoms with E-state index in [4.69, 9.17) is 5.26 Å². The third-order valence-corrected chi connectivity index (χ3v) is 3.59. The Morgan fingerprint density at radius 2 is 1.62 bits per heavy atom. The van der Waals surface area contributed by atoms with Gasteiger partial charge in [0.25, 0.3) is 0 Å². The molecular weight excluding hydrogens is 341 g/mol. The maximum atomic E-state index is 12.6. The van der Waals surface area contributed by atoms with E-state index in [1.54, 1.807) is 12.1 Å². The number of nitrogens with one attached hydrogen (secondary N) is 2. The molecule has 0 bridgehead atoms. The molecule has 0 amide bonds. The highest BCUT2D eigenvalue weighted by molar-refractivity contribution is 5.79. The van der Waals surface area contributed by atoms with Gasteiger partial charge in [-0.2, -0.15) is 18.4 Å². The van der Waals surface area contributed by atoms with Crippen LogP contribution in [0.1, 0.15) is 29.2 Å². The number of nitrogens with zero attached hydrogens (tertiary/aromatic N) is 2. The van der Waals surface area contributed by atoms with E-state index in [-0.39, 0.29) is 0 Å². The molecule has 0 spiro atoms. The van der Waals surface area contributed by atoms with Crippen LogP contribution in [0.3, 0.4) is 0 Å². The molecule has 0 heterocycles. The van der Waals surface area contributed by atoms with Gasteiger partial charge in [0, 0.05) is 13.1 Å². The number of alkyl halides is 3. The molecule has 0 aliphatic rings. The molecule has 0 atom stereocenters. The number of halogens is 3. The molecule has 7 heteroatoms.